The summed E-state index contributed by atoms with van der Waals surface area (Å²) in [5, 5.41) is 15.5. The second-order valence-electron chi connectivity index (χ2n) is 5.70. The summed E-state index contributed by atoms with van der Waals surface area (Å²) < 4.78 is 5.63. The number of hydrogen-bond donors (Lipinski definition) is 1. The molecule has 1 atom stereocenters. The van der Waals surface area contributed by atoms with Gasteiger partial charge in [-0.3, -0.25) is 19.9 Å². The van der Waals surface area contributed by atoms with E-state index in [2.05, 4.69) is 15.5 Å². The fraction of sp³-hybridized carbons (Fsp3) is 0.105. The number of fused-ring (bicyclic) bond motifs is 1. The van der Waals surface area contributed by atoms with Crippen LogP contribution in [0.2, 0.25) is 0 Å². The van der Waals surface area contributed by atoms with E-state index in [0.717, 1.165) is 10.9 Å². The van der Waals surface area contributed by atoms with Crippen molar-refractivity contribution in [3.05, 3.63) is 76.5 Å². The topological polar surface area (TPSA) is 107 Å². The van der Waals surface area contributed by atoms with E-state index in [9.17, 15) is 14.9 Å². The zero-order chi connectivity index (χ0) is 19.2. The molecule has 3 rings (SSSR count). The van der Waals surface area contributed by atoms with Crippen molar-refractivity contribution in [3.63, 3.8) is 0 Å². The largest absolute Gasteiger partial charge is 0.481 e. The standard InChI is InChI=1S/C19H16N4O4/c1-13(27-17-7-8-18-15(11-17)5-3-9-20-18)19(24)22-21-12-14-4-2-6-16(10-14)23(25)26/h2-13H,1H3,(H,22,24)/b21-12+. The van der Waals surface area contributed by atoms with Crippen molar-refractivity contribution in [2.24, 2.45) is 5.10 Å². The van der Waals surface area contributed by atoms with Crippen LogP contribution in [0.3, 0.4) is 0 Å². The highest BCUT2D eigenvalue weighted by Gasteiger charge is 2.14. The lowest BCUT2D eigenvalue weighted by molar-refractivity contribution is -0.384. The first-order valence-electron chi connectivity index (χ1n) is 8.12. The van der Waals surface area contributed by atoms with Gasteiger partial charge in [-0.05, 0) is 31.2 Å². The maximum absolute atomic E-state index is 12.1. The third kappa shape index (κ3) is 4.63. The van der Waals surface area contributed by atoms with Crippen LogP contribution in [0.1, 0.15) is 12.5 Å². The Balaban J connectivity index is 1.60. The number of hydrazone groups is 1. The number of nitro groups is 1. The molecule has 3 aromatic rings. The summed E-state index contributed by atoms with van der Waals surface area (Å²) in [4.78, 5) is 26.6. The molecule has 0 saturated heterocycles. The number of nitro benzene ring substituents is 1. The van der Waals surface area contributed by atoms with E-state index >= 15 is 0 Å². The van der Waals surface area contributed by atoms with Crippen LogP contribution in [0.25, 0.3) is 10.9 Å². The minimum absolute atomic E-state index is 0.0484. The molecule has 1 aromatic heterocycles. The van der Waals surface area contributed by atoms with Crippen LogP contribution in [0.5, 0.6) is 5.75 Å². The third-order valence-corrected chi connectivity index (χ3v) is 3.73. The lowest BCUT2D eigenvalue weighted by atomic mass is 10.2. The molecule has 8 nitrogen and oxygen atoms in total. The van der Waals surface area contributed by atoms with Crippen molar-refractivity contribution in [3.8, 4) is 5.75 Å². The van der Waals surface area contributed by atoms with Crippen LogP contribution in [0.4, 0.5) is 5.69 Å². The average Bonchev–Trinajstić information content (AvgIpc) is 2.68. The number of non-ortho nitro benzene ring substituents is 1. The number of ether oxygens (including phenoxy) is 1. The van der Waals surface area contributed by atoms with Gasteiger partial charge in [-0.2, -0.15) is 5.10 Å². The lowest BCUT2D eigenvalue weighted by Crippen LogP contribution is -2.33. The van der Waals surface area contributed by atoms with Crippen LogP contribution in [-0.2, 0) is 4.79 Å². The Labute approximate surface area is 154 Å². The van der Waals surface area contributed by atoms with Gasteiger partial charge in [0, 0.05) is 29.3 Å². The molecule has 1 amide bonds. The van der Waals surface area contributed by atoms with Crippen molar-refractivity contribution in [1.29, 1.82) is 0 Å². The zero-order valence-electron chi connectivity index (χ0n) is 14.4. The molecular weight excluding hydrogens is 348 g/mol. The van der Waals surface area contributed by atoms with Crippen molar-refractivity contribution < 1.29 is 14.5 Å². The van der Waals surface area contributed by atoms with Crippen LogP contribution in [-0.4, -0.2) is 28.1 Å². The van der Waals surface area contributed by atoms with E-state index < -0.39 is 16.9 Å². The van der Waals surface area contributed by atoms with Gasteiger partial charge >= 0.3 is 0 Å². The van der Waals surface area contributed by atoms with E-state index in [-0.39, 0.29) is 5.69 Å². The monoisotopic (exact) mass is 364 g/mol. The van der Waals surface area contributed by atoms with E-state index in [4.69, 9.17) is 4.74 Å². The van der Waals surface area contributed by atoms with Gasteiger partial charge in [-0.25, -0.2) is 5.43 Å². The molecule has 0 spiro atoms. The quantitative estimate of drug-likeness (QED) is 0.411. The minimum Gasteiger partial charge on any atom is -0.481 e. The summed E-state index contributed by atoms with van der Waals surface area (Å²) in [5.41, 5.74) is 3.65. The van der Waals surface area contributed by atoms with E-state index in [1.165, 1.54) is 18.3 Å². The van der Waals surface area contributed by atoms with Crippen molar-refractivity contribution >= 4 is 28.7 Å². The molecule has 27 heavy (non-hydrogen) atoms. The van der Waals surface area contributed by atoms with E-state index in [1.54, 1.807) is 37.4 Å². The molecule has 1 unspecified atom stereocenters. The SMILES string of the molecule is CC(Oc1ccc2ncccc2c1)C(=O)N/N=C/c1cccc([N+](=O)[O-])c1. The Bertz CT molecular complexity index is 1020. The zero-order valence-corrected chi connectivity index (χ0v) is 14.4. The van der Waals surface area contributed by atoms with Gasteiger partial charge in [0.05, 0.1) is 16.7 Å². The molecule has 2 aromatic carbocycles. The highest BCUT2D eigenvalue weighted by Crippen LogP contribution is 2.20. The smallest absolute Gasteiger partial charge is 0.280 e. The summed E-state index contributed by atoms with van der Waals surface area (Å²) in [6.45, 7) is 1.60. The van der Waals surface area contributed by atoms with Gasteiger partial charge < -0.3 is 4.74 Å². The van der Waals surface area contributed by atoms with E-state index in [1.807, 2.05) is 18.2 Å². The molecule has 8 heteroatoms. The van der Waals surface area contributed by atoms with E-state index in [0.29, 0.717) is 11.3 Å². The number of pyridine rings is 1. The highest BCUT2D eigenvalue weighted by molar-refractivity contribution is 5.85. The van der Waals surface area contributed by atoms with Gasteiger partial charge in [0.25, 0.3) is 11.6 Å². The van der Waals surface area contributed by atoms with Crippen LogP contribution in [0, 0.1) is 10.1 Å². The first kappa shape index (κ1) is 18.0. The maximum atomic E-state index is 12.1. The number of aromatic nitrogens is 1. The summed E-state index contributed by atoms with van der Waals surface area (Å²) >= 11 is 0. The number of benzene rings is 2. The second kappa shape index (κ2) is 8.05. The van der Waals surface area contributed by atoms with Crippen LogP contribution in [0.15, 0.2) is 65.9 Å². The Morgan fingerprint density at radius 2 is 2.11 bits per heavy atom. The Morgan fingerprint density at radius 3 is 2.93 bits per heavy atom. The van der Waals surface area contributed by atoms with Crippen molar-refractivity contribution in [2.75, 3.05) is 0 Å². The molecule has 0 fully saturated rings. The fourth-order valence-electron chi connectivity index (χ4n) is 2.36. The molecule has 136 valence electrons. The number of carbonyl (C=O) groups is 1. The third-order valence-electron chi connectivity index (χ3n) is 3.73. The Kier molecular flexibility index (Phi) is 5.36. The predicted molar refractivity (Wildman–Crippen MR) is 101 cm³/mol. The summed E-state index contributed by atoms with van der Waals surface area (Å²) in [5.74, 6) is 0.101. The molecule has 0 bridgehead atoms. The van der Waals surface area contributed by atoms with Gasteiger partial charge in [0.1, 0.15) is 5.75 Å². The Morgan fingerprint density at radius 1 is 1.26 bits per heavy atom. The molecule has 1 heterocycles. The summed E-state index contributed by atoms with van der Waals surface area (Å²) in [6, 6.07) is 15.0. The van der Waals surface area contributed by atoms with Crippen LogP contribution < -0.4 is 10.2 Å². The van der Waals surface area contributed by atoms with Crippen LogP contribution >= 0.6 is 0 Å². The number of hydrogen-bond acceptors (Lipinski definition) is 6. The molecule has 0 aliphatic rings. The second-order valence-corrected chi connectivity index (χ2v) is 5.70. The number of rotatable bonds is 6. The molecule has 0 saturated carbocycles. The summed E-state index contributed by atoms with van der Waals surface area (Å²) in [7, 11) is 0. The number of carbonyl (C=O) groups excluding carboxylic acids is 1. The normalized spacial score (nSPS) is 12.0. The molecule has 1 N–H and O–H groups in total. The summed E-state index contributed by atoms with van der Waals surface area (Å²) in [6.07, 6.45) is 2.26. The van der Waals surface area contributed by atoms with Gasteiger partial charge in [0.15, 0.2) is 6.10 Å². The molecule has 0 aliphatic heterocycles. The van der Waals surface area contributed by atoms with Gasteiger partial charge in [0.2, 0.25) is 0 Å². The van der Waals surface area contributed by atoms with Gasteiger partial charge in [-0.1, -0.05) is 18.2 Å². The molecular formula is C19H16N4O4. The lowest BCUT2D eigenvalue weighted by Gasteiger charge is -2.13. The van der Waals surface area contributed by atoms with Crippen molar-refractivity contribution in [2.45, 2.75) is 13.0 Å². The van der Waals surface area contributed by atoms with Crippen molar-refractivity contribution in [1.82, 2.24) is 10.4 Å². The van der Waals surface area contributed by atoms with Gasteiger partial charge in [-0.15, -0.1) is 0 Å². The molecule has 0 aliphatic carbocycles. The molecule has 0 radical (unpaired) electrons. The number of nitrogens with zero attached hydrogens (tertiary/aromatic N) is 3. The fourth-order valence-corrected chi connectivity index (χ4v) is 2.36. The average molecular weight is 364 g/mol. The first-order valence-corrected chi connectivity index (χ1v) is 8.12. The maximum Gasteiger partial charge on any atom is 0.280 e. The number of amides is 1. The predicted octanol–water partition coefficient (Wildman–Crippen LogP) is 3.06. The Hall–Kier alpha value is -3.81. The minimum atomic E-state index is -0.776. The highest BCUT2D eigenvalue weighted by atomic mass is 16.6. The number of nitrogens with one attached hydrogen (secondary N) is 1. The first-order chi connectivity index (χ1) is 13.0.